The first-order chi connectivity index (χ1) is 19.8. The highest BCUT2D eigenvalue weighted by Crippen LogP contribution is 2.43. The molecule has 208 valence electrons. The molecule has 6 rings (SSSR count). The lowest BCUT2D eigenvalue weighted by Crippen LogP contribution is -2.44. The zero-order valence-corrected chi connectivity index (χ0v) is 28.8. The van der Waals surface area contributed by atoms with Crippen molar-refractivity contribution in [1.82, 2.24) is 0 Å². The molecule has 12 nitrogen and oxygen atoms in total. The number of rotatable bonds is 4. The molecule has 2 aliphatic heterocycles. The Morgan fingerprint density at radius 1 is 0.500 bits per heavy atom. The number of non-ortho nitro benzene ring substituents is 2. The molecule has 0 spiro atoms. The molecule has 0 atom stereocenters. The first-order valence-corrected chi connectivity index (χ1v) is 15.8. The second-order valence-electron chi connectivity index (χ2n) is 8.99. The first kappa shape index (κ1) is 29.2. The number of hydrogen-bond acceptors (Lipinski definition) is 8. The van der Waals surface area contributed by atoms with Crippen molar-refractivity contribution >= 4 is 148 Å². The lowest BCUT2D eigenvalue weighted by Gasteiger charge is -2.33. The van der Waals surface area contributed by atoms with E-state index in [-0.39, 0.29) is 55.8 Å². The molecular formula is C26H8I4N4O8. The van der Waals surface area contributed by atoms with E-state index in [0.29, 0.717) is 14.3 Å². The van der Waals surface area contributed by atoms with Crippen molar-refractivity contribution in [2.75, 3.05) is 9.80 Å². The Kier molecular flexibility index (Phi) is 7.23. The molecule has 0 aromatic heterocycles. The zero-order valence-electron chi connectivity index (χ0n) is 20.2. The van der Waals surface area contributed by atoms with Gasteiger partial charge in [-0.3, -0.25) is 39.4 Å². The Morgan fingerprint density at radius 3 is 0.952 bits per heavy atom. The standard InChI is InChI=1S/C26H8I4N4O8/c27-15-5-9(33(39)40)6-16(28)21(15)31-23(35)11-1-2-12-20-14(4-3-13(19(11)20)25(31)37)26(38)32(24(12)36)22-17(29)7-10(34(41)42)8-18(22)30/h1-8H. The fourth-order valence-electron chi connectivity index (χ4n) is 5.02. The number of imide groups is 2. The molecule has 4 aromatic carbocycles. The summed E-state index contributed by atoms with van der Waals surface area (Å²) in [5, 5.41) is 23.0. The van der Waals surface area contributed by atoms with E-state index in [1.54, 1.807) is 0 Å². The van der Waals surface area contributed by atoms with Crippen LogP contribution >= 0.6 is 90.4 Å². The highest BCUT2D eigenvalue weighted by molar-refractivity contribution is 14.1. The quantitative estimate of drug-likeness (QED) is 0.0948. The Morgan fingerprint density at radius 2 is 0.738 bits per heavy atom. The normalized spacial score (nSPS) is 14.2. The van der Waals surface area contributed by atoms with Crippen molar-refractivity contribution in [2.24, 2.45) is 0 Å². The summed E-state index contributed by atoms with van der Waals surface area (Å²) in [4.78, 5) is 78.7. The molecule has 2 aliphatic rings. The van der Waals surface area contributed by atoms with Crippen LogP contribution in [0, 0.1) is 34.5 Å². The predicted molar refractivity (Wildman–Crippen MR) is 183 cm³/mol. The van der Waals surface area contributed by atoms with Gasteiger partial charge in [0.05, 0.1) is 21.2 Å². The minimum absolute atomic E-state index is 0.0868. The van der Waals surface area contributed by atoms with Crippen molar-refractivity contribution in [1.29, 1.82) is 0 Å². The molecule has 0 saturated carbocycles. The number of benzene rings is 4. The minimum atomic E-state index is -0.706. The van der Waals surface area contributed by atoms with Crippen LogP contribution in [-0.4, -0.2) is 33.5 Å². The van der Waals surface area contributed by atoms with Gasteiger partial charge < -0.3 is 0 Å². The average Bonchev–Trinajstić information content (AvgIpc) is 2.92. The van der Waals surface area contributed by atoms with Crippen LogP contribution in [0.2, 0.25) is 0 Å². The number of nitrogens with zero attached hydrogens (tertiary/aromatic N) is 4. The molecule has 4 aromatic rings. The maximum atomic E-state index is 13.8. The number of nitro groups is 2. The second-order valence-corrected chi connectivity index (χ2v) is 13.6. The van der Waals surface area contributed by atoms with Crippen molar-refractivity contribution in [3.05, 3.63) is 105 Å². The lowest BCUT2D eigenvalue weighted by molar-refractivity contribution is -0.385. The fraction of sp³-hybridized carbons (Fsp3) is 0. The molecule has 0 bridgehead atoms. The largest absolute Gasteiger partial charge is 0.271 e. The number of carbonyl (C=O) groups excluding carboxylic acids is 4. The van der Waals surface area contributed by atoms with Gasteiger partial charge in [0.1, 0.15) is 0 Å². The van der Waals surface area contributed by atoms with Crippen molar-refractivity contribution in [3.8, 4) is 0 Å². The van der Waals surface area contributed by atoms with Gasteiger partial charge in [-0.25, -0.2) is 9.80 Å². The summed E-state index contributed by atoms with van der Waals surface area (Å²) in [6.45, 7) is 0. The summed E-state index contributed by atoms with van der Waals surface area (Å²) >= 11 is 7.34. The van der Waals surface area contributed by atoms with Crippen molar-refractivity contribution in [3.63, 3.8) is 0 Å². The molecule has 0 fully saturated rings. The van der Waals surface area contributed by atoms with Crippen LogP contribution in [-0.2, 0) is 0 Å². The Balaban J connectivity index is 1.53. The van der Waals surface area contributed by atoms with E-state index in [1.165, 1.54) is 48.5 Å². The van der Waals surface area contributed by atoms with Crippen LogP contribution in [0.5, 0.6) is 0 Å². The molecular weight excluding hydrogens is 1000 g/mol. The highest BCUT2D eigenvalue weighted by Gasteiger charge is 2.42. The molecule has 0 unspecified atom stereocenters. The third-order valence-electron chi connectivity index (χ3n) is 6.77. The Hall–Kier alpha value is -2.86. The van der Waals surface area contributed by atoms with Crippen molar-refractivity contribution < 1.29 is 29.0 Å². The molecule has 4 amide bonds. The van der Waals surface area contributed by atoms with Crippen LogP contribution in [0.4, 0.5) is 22.7 Å². The van der Waals surface area contributed by atoms with E-state index in [0.717, 1.165) is 9.80 Å². The monoisotopic (exact) mass is 1010 g/mol. The molecule has 0 N–H and O–H groups in total. The van der Waals surface area contributed by atoms with E-state index < -0.39 is 33.5 Å². The summed E-state index contributed by atoms with van der Waals surface area (Å²) < 4.78 is 1.26. The summed E-state index contributed by atoms with van der Waals surface area (Å²) in [6, 6.07) is 10.7. The maximum Gasteiger partial charge on any atom is 0.271 e. The SMILES string of the molecule is O=C1c2ccc3c4c(ccc(c24)C(=O)N1c1c(I)cc([N+](=O)[O-])cc1I)C(=O)N(c1c(I)cc([N+](=O)[O-])cc1I)C3=O. The van der Waals surface area contributed by atoms with E-state index >= 15 is 0 Å². The van der Waals surface area contributed by atoms with Gasteiger partial charge in [0.15, 0.2) is 0 Å². The van der Waals surface area contributed by atoms with Crippen LogP contribution < -0.4 is 9.80 Å². The molecule has 0 aliphatic carbocycles. The Labute approximate surface area is 288 Å². The van der Waals surface area contributed by atoms with Crippen molar-refractivity contribution in [2.45, 2.75) is 0 Å². The maximum absolute atomic E-state index is 13.8. The summed E-state index contributed by atoms with van der Waals surface area (Å²) in [5.74, 6) is -2.82. The number of hydrogen-bond donors (Lipinski definition) is 0. The second kappa shape index (κ2) is 10.4. The molecule has 0 saturated heterocycles. The van der Waals surface area contributed by atoms with Crippen LogP contribution in [0.3, 0.4) is 0 Å². The highest BCUT2D eigenvalue weighted by atomic mass is 127. The Bertz CT molecular complexity index is 1790. The van der Waals surface area contributed by atoms with Gasteiger partial charge in [0.25, 0.3) is 35.0 Å². The van der Waals surface area contributed by atoms with E-state index in [2.05, 4.69) is 0 Å². The summed E-state index contributed by atoms with van der Waals surface area (Å²) in [6.07, 6.45) is 0. The molecule has 16 heteroatoms. The number of amides is 4. The van der Waals surface area contributed by atoms with E-state index in [9.17, 15) is 39.4 Å². The van der Waals surface area contributed by atoms with Crippen LogP contribution in [0.15, 0.2) is 48.5 Å². The van der Waals surface area contributed by atoms with Gasteiger partial charge in [-0.2, -0.15) is 0 Å². The average molecular weight is 1010 g/mol. The lowest BCUT2D eigenvalue weighted by atomic mass is 9.85. The summed E-state index contributed by atoms with van der Waals surface area (Å²) in [5.41, 5.74) is 0.345. The zero-order chi connectivity index (χ0) is 30.4. The minimum Gasteiger partial charge on any atom is -0.268 e. The third-order valence-corrected chi connectivity index (χ3v) is 10.1. The first-order valence-electron chi connectivity index (χ1n) is 11.5. The molecule has 2 heterocycles. The van der Waals surface area contributed by atoms with Gasteiger partial charge in [-0.1, -0.05) is 0 Å². The van der Waals surface area contributed by atoms with Gasteiger partial charge in [0, 0.05) is 71.6 Å². The number of anilines is 2. The number of halogens is 4. The van der Waals surface area contributed by atoms with E-state index in [4.69, 9.17) is 0 Å². The fourth-order valence-corrected chi connectivity index (χ4v) is 9.46. The molecule has 0 radical (unpaired) electrons. The van der Waals surface area contributed by atoms with E-state index in [1.807, 2.05) is 90.4 Å². The van der Waals surface area contributed by atoms with Gasteiger partial charge in [0.2, 0.25) is 0 Å². The van der Waals surface area contributed by atoms with Gasteiger partial charge >= 0.3 is 0 Å². The number of carbonyl (C=O) groups is 4. The third kappa shape index (κ3) is 4.23. The topological polar surface area (TPSA) is 161 Å². The summed E-state index contributed by atoms with van der Waals surface area (Å²) in [7, 11) is 0. The predicted octanol–water partition coefficient (Wildman–Crippen LogP) is 6.68. The van der Waals surface area contributed by atoms with Crippen LogP contribution in [0.25, 0.3) is 10.8 Å². The smallest absolute Gasteiger partial charge is 0.268 e. The van der Waals surface area contributed by atoms with Gasteiger partial charge in [-0.05, 0) is 115 Å². The van der Waals surface area contributed by atoms with Gasteiger partial charge in [-0.15, -0.1) is 0 Å². The molecule has 42 heavy (non-hydrogen) atoms. The number of nitro benzene ring substituents is 2. The van der Waals surface area contributed by atoms with Crippen LogP contribution in [0.1, 0.15) is 41.4 Å².